The topological polar surface area (TPSA) is 63.8 Å². The first-order valence-electron chi connectivity index (χ1n) is 7.17. The largest absolute Gasteiger partial charge is 0.377 e. The van der Waals surface area contributed by atoms with Gasteiger partial charge in [0.05, 0.1) is 13.2 Å². The fourth-order valence-corrected chi connectivity index (χ4v) is 3.67. The summed E-state index contributed by atoms with van der Waals surface area (Å²) in [7, 11) is 1.80. The Labute approximate surface area is 152 Å². The van der Waals surface area contributed by atoms with E-state index in [0.29, 0.717) is 24.9 Å². The Morgan fingerprint density at radius 2 is 2.35 bits per heavy atom. The maximum Gasteiger partial charge on any atom is 0.252 e. The number of aromatic nitrogens is 2. The minimum absolute atomic E-state index is 0.0982. The van der Waals surface area contributed by atoms with Crippen molar-refractivity contribution in [2.75, 3.05) is 33.1 Å². The number of morpholine rings is 1. The summed E-state index contributed by atoms with van der Waals surface area (Å²) in [6, 6.07) is 7.93. The van der Waals surface area contributed by atoms with Crippen LogP contribution in [0.5, 0.6) is 0 Å². The smallest absolute Gasteiger partial charge is 0.252 e. The van der Waals surface area contributed by atoms with Crippen molar-refractivity contribution < 1.29 is 9.26 Å². The summed E-state index contributed by atoms with van der Waals surface area (Å²) in [4.78, 5) is 11.1. The van der Waals surface area contributed by atoms with Gasteiger partial charge in [0.2, 0.25) is 5.82 Å². The summed E-state index contributed by atoms with van der Waals surface area (Å²) in [5.41, 5.74) is 0.949. The maximum atomic E-state index is 5.61. The van der Waals surface area contributed by atoms with Crippen LogP contribution in [-0.4, -0.2) is 53.3 Å². The summed E-state index contributed by atoms with van der Waals surface area (Å²) < 4.78 is 12.3. The van der Waals surface area contributed by atoms with Gasteiger partial charge in [-0.1, -0.05) is 29.1 Å². The fourth-order valence-electron chi connectivity index (χ4n) is 2.49. The molecular weight excluding hydrogens is 427 g/mol. The zero-order valence-electron chi connectivity index (χ0n) is 12.9. The molecule has 8 heteroatoms. The second-order valence-electron chi connectivity index (χ2n) is 4.96. The molecule has 23 heavy (non-hydrogen) atoms. The molecule has 1 saturated heterocycles. The predicted octanol–water partition coefficient (Wildman–Crippen LogP) is 3.06. The number of nitrogens with zero attached hydrogens (tertiary/aromatic N) is 4. The van der Waals surface area contributed by atoms with Gasteiger partial charge in [0.25, 0.3) is 5.89 Å². The van der Waals surface area contributed by atoms with Crippen molar-refractivity contribution in [1.29, 1.82) is 0 Å². The van der Waals surface area contributed by atoms with Crippen LogP contribution >= 0.6 is 34.4 Å². The van der Waals surface area contributed by atoms with E-state index in [0.717, 1.165) is 20.8 Å². The molecule has 3 rings (SSSR count). The minimum atomic E-state index is -0.0982. The molecular formula is C15H17IN4O2S. The van der Waals surface area contributed by atoms with Crippen molar-refractivity contribution >= 4 is 39.5 Å². The van der Waals surface area contributed by atoms with Gasteiger partial charge in [-0.25, -0.2) is 0 Å². The first-order valence-corrected chi connectivity index (χ1v) is 9.48. The number of ether oxygens (including phenoxy) is 1. The van der Waals surface area contributed by atoms with Crippen LogP contribution in [0.4, 0.5) is 0 Å². The van der Waals surface area contributed by atoms with Gasteiger partial charge in [-0.2, -0.15) is 4.98 Å². The lowest BCUT2D eigenvalue weighted by molar-refractivity contribution is 0.0154. The third kappa shape index (κ3) is 3.69. The fraction of sp³-hybridized carbons (Fsp3) is 0.400. The molecule has 0 amide bonds. The number of amidine groups is 1. The Morgan fingerprint density at radius 3 is 3.09 bits per heavy atom. The average Bonchev–Trinajstić information content (AvgIpc) is 3.06. The molecule has 1 aliphatic rings. The highest BCUT2D eigenvalue weighted by Crippen LogP contribution is 2.28. The van der Waals surface area contributed by atoms with Crippen molar-refractivity contribution in [3.63, 3.8) is 0 Å². The number of halogens is 1. The highest BCUT2D eigenvalue weighted by Gasteiger charge is 2.31. The lowest BCUT2D eigenvalue weighted by Crippen LogP contribution is -2.42. The molecule has 0 radical (unpaired) electrons. The van der Waals surface area contributed by atoms with Crippen LogP contribution in [0.3, 0.4) is 0 Å². The highest BCUT2D eigenvalue weighted by molar-refractivity contribution is 14.1. The van der Waals surface area contributed by atoms with Gasteiger partial charge in [0.15, 0.2) is 5.17 Å². The van der Waals surface area contributed by atoms with E-state index in [1.54, 1.807) is 18.8 Å². The molecule has 0 aliphatic carbocycles. The summed E-state index contributed by atoms with van der Waals surface area (Å²) in [5, 5.41) is 5.08. The van der Waals surface area contributed by atoms with Crippen LogP contribution in [-0.2, 0) is 4.74 Å². The molecule has 1 unspecified atom stereocenters. The van der Waals surface area contributed by atoms with Crippen LogP contribution in [0.25, 0.3) is 11.4 Å². The second kappa shape index (κ2) is 7.63. The summed E-state index contributed by atoms with van der Waals surface area (Å²) in [6.45, 7) is 1.96. The molecule has 122 valence electrons. The number of aliphatic imine (C=N–C) groups is 1. The van der Waals surface area contributed by atoms with Crippen LogP contribution in [0.1, 0.15) is 11.9 Å². The third-order valence-corrected chi connectivity index (χ3v) is 5.01. The Hall–Kier alpha value is -1.13. The van der Waals surface area contributed by atoms with E-state index in [4.69, 9.17) is 9.26 Å². The average molecular weight is 444 g/mol. The van der Waals surface area contributed by atoms with Crippen molar-refractivity contribution in [2.45, 2.75) is 6.04 Å². The normalized spacial score (nSPS) is 19.2. The van der Waals surface area contributed by atoms with Crippen LogP contribution < -0.4 is 0 Å². The summed E-state index contributed by atoms with van der Waals surface area (Å²) >= 11 is 3.88. The van der Waals surface area contributed by atoms with Crippen LogP contribution in [0.2, 0.25) is 0 Å². The lowest BCUT2D eigenvalue weighted by atomic mass is 10.2. The first kappa shape index (κ1) is 16.7. The molecule has 0 saturated carbocycles. The molecule has 2 aromatic rings. The third-order valence-electron chi connectivity index (χ3n) is 3.56. The zero-order valence-corrected chi connectivity index (χ0v) is 15.9. The van der Waals surface area contributed by atoms with Crippen LogP contribution in [0.15, 0.2) is 33.8 Å². The lowest BCUT2D eigenvalue weighted by Gasteiger charge is -2.34. The summed E-state index contributed by atoms with van der Waals surface area (Å²) in [5.74, 6) is 1.16. The Kier molecular flexibility index (Phi) is 5.54. The minimum Gasteiger partial charge on any atom is -0.377 e. The second-order valence-corrected chi connectivity index (χ2v) is 6.98. The Balaban J connectivity index is 1.88. The molecule has 0 spiro atoms. The van der Waals surface area contributed by atoms with Crippen LogP contribution in [0, 0.1) is 3.57 Å². The van der Waals surface area contributed by atoms with Gasteiger partial charge in [0.1, 0.15) is 6.04 Å². The Bertz CT molecular complexity index is 706. The molecule has 0 bridgehead atoms. The van der Waals surface area contributed by atoms with E-state index < -0.39 is 0 Å². The van der Waals surface area contributed by atoms with E-state index in [2.05, 4.69) is 42.6 Å². The van der Waals surface area contributed by atoms with Gasteiger partial charge in [0, 0.05) is 22.7 Å². The monoisotopic (exact) mass is 444 g/mol. The number of rotatable bonds is 2. The SMILES string of the molecule is CN=C(SC)N1CCOCC1c1nc(-c2cccc(I)c2)no1. The van der Waals surface area contributed by atoms with Crippen molar-refractivity contribution in [3.05, 3.63) is 33.7 Å². The number of hydrogen-bond acceptors (Lipinski definition) is 6. The first-order chi connectivity index (χ1) is 11.2. The van der Waals surface area contributed by atoms with E-state index in [1.165, 1.54) is 0 Å². The van der Waals surface area contributed by atoms with E-state index in [9.17, 15) is 0 Å². The zero-order chi connectivity index (χ0) is 16.2. The molecule has 2 heterocycles. The van der Waals surface area contributed by atoms with E-state index in [-0.39, 0.29) is 6.04 Å². The quantitative estimate of drug-likeness (QED) is 0.403. The summed E-state index contributed by atoms with van der Waals surface area (Å²) in [6.07, 6.45) is 2.01. The van der Waals surface area contributed by atoms with E-state index in [1.807, 2.05) is 30.5 Å². The van der Waals surface area contributed by atoms with Gasteiger partial charge < -0.3 is 14.2 Å². The molecule has 1 fully saturated rings. The molecule has 1 atom stereocenters. The molecule has 6 nitrogen and oxygen atoms in total. The molecule has 1 aromatic heterocycles. The predicted molar refractivity (Wildman–Crippen MR) is 99.6 cm³/mol. The van der Waals surface area contributed by atoms with E-state index >= 15 is 0 Å². The number of thioether (sulfide) groups is 1. The van der Waals surface area contributed by atoms with Crippen molar-refractivity contribution in [2.24, 2.45) is 4.99 Å². The van der Waals surface area contributed by atoms with Crippen molar-refractivity contribution in [1.82, 2.24) is 15.0 Å². The highest BCUT2D eigenvalue weighted by atomic mass is 127. The van der Waals surface area contributed by atoms with Gasteiger partial charge in [-0.3, -0.25) is 4.99 Å². The molecule has 1 aromatic carbocycles. The van der Waals surface area contributed by atoms with Gasteiger partial charge in [-0.05, 0) is 41.0 Å². The molecule has 1 aliphatic heterocycles. The maximum absolute atomic E-state index is 5.61. The van der Waals surface area contributed by atoms with Crippen molar-refractivity contribution in [3.8, 4) is 11.4 Å². The Morgan fingerprint density at radius 1 is 1.48 bits per heavy atom. The number of benzene rings is 1. The number of hydrogen-bond donors (Lipinski definition) is 0. The van der Waals surface area contributed by atoms with Gasteiger partial charge >= 0.3 is 0 Å². The molecule has 0 N–H and O–H groups in total. The standard InChI is InChI=1S/C15H17IN4O2S/c1-17-15(23-2)20-6-7-21-9-12(20)14-18-13(19-22-14)10-4-3-5-11(16)8-10/h3-5,8,12H,6-7,9H2,1-2H3. The van der Waals surface area contributed by atoms with Gasteiger partial charge in [-0.15, -0.1) is 0 Å².